The number of carbonyl (C=O) groups excluding carboxylic acids is 1. The lowest BCUT2D eigenvalue weighted by Gasteiger charge is -2.37. The lowest BCUT2D eigenvalue weighted by molar-refractivity contribution is -0.127. The molecular weight excluding hydrogens is 410 g/mol. The van der Waals surface area contributed by atoms with Gasteiger partial charge in [0.05, 0.1) is 17.0 Å². The van der Waals surface area contributed by atoms with Crippen LogP contribution in [-0.2, 0) is 14.8 Å². The SMILES string of the molecule is CC(C)c1ccc(S(=O)(=O)N2CCN(C(C)C(=O)NC(C)c3ccccc3)CC2)cc1. The summed E-state index contributed by atoms with van der Waals surface area (Å²) in [5, 5.41) is 3.06. The van der Waals surface area contributed by atoms with Crippen molar-refractivity contribution in [2.45, 2.75) is 50.6 Å². The topological polar surface area (TPSA) is 69.7 Å². The quantitative estimate of drug-likeness (QED) is 0.712. The summed E-state index contributed by atoms with van der Waals surface area (Å²) in [4.78, 5) is 15.1. The molecule has 0 bridgehead atoms. The lowest BCUT2D eigenvalue weighted by Crippen LogP contribution is -2.55. The molecule has 0 spiro atoms. The molecule has 1 aliphatic rings. The van der Waals surface area contributed by atoms with Crippen LogP contribution in [0.25, 0.3) is 0 Å². The second-order valence-electron chi connectivity index (χ2n) is 8.48. The maximum Gasteiger partial charge on any atom is 0.243 e. The molecule has 1 heterocycles. The average molecular weight is 444 g/mol. The highest BCUT2D eigenvalue weighted by atomic mass is 32.2. The zero-order valence-electron chi connectivity index (χ0n) is 18.8. The molecule has 168 valence electrons. The largest absolute Gasteiger partial charge is 0.348 e. The van der Waals surface area contributed by atoms with Crippen molar-refractivity contribution in [2.24, 2.45) is 0 Å². The molecule has 6 nitrogen and oxygen atoms in total. The minimum atomic E-state index is -3.52. The number of nitrogens with one attached hydrogen (secondary N) is 1. The number of piperazine rings is 1. The molecule has 7 heteroatoms. The van der Waals surface area contributed by atoms with Gasteiger partial charge in [-0.15, -0.1) is 0 Å². The van der Waals surface area contributed by atoms with Gasteiger partial charge in [-0.25, -0.2) is 8.42 Å². The monoisotopic (exact) mass is 443 g/mol. The summed E-state index contributed by atoms with van der Waals surface area (Å²) in [6.45, 7) is 9.81. The van der Waals surface area contributed by atoms with E-state index in [-0.39, 0.29) is 18.0 Å². The zero-order chi connectivity index (χ0) is 22.6. The standard InChI is InChI=1S/C24H33N3O3S/c1-18(2)21-10-12-23(13-11-21)31(29,30)27-16-14-26(15-17-27)20(4)24(28)25-19(3)22-8-6-5-7-9-22/h5-13,18-20H,14-17H2,1-4H3,(H,25,28). The third-order valence-corrected chi connectivity index (χ3v) is 7.96. The molecular formula is C24H33N3O3S. The molecule has 0 aromatic heterocycles. The number of hydrogen-bond donors (Lipinski definition) is 1. The van der Waals surface area contributed by atoms with Crippen LogP contribution in [0, 0.1) is 0 Å². The Morgan fingerprint density at radius 1 is 0.839 bits per heavy atom. The Labute approximate surface area is 186 Å². The lowest BCUT2D eigenvalue weighted by atomic mass is 10.0. The molecule has 0 radical (unpaired) electrons. The molecule has 2 aromatic carbocycles. The Bertz CT molecular complexity index is 967. The Hall–Kier alpha value is -2.22. The number of amides is 1. The van der Waals surface area contributed by atoms with Crippen molar-refractivity contribution in [3.05, 3.63) is 65.7 Å². The minimum Gasteiger partial charge on any atom is -0.348 e. The van der Waals surface area contributed by atoms with Gasteiger partial charge in [0.2, 0.25) is 15.9 Å². The summed E-state index contributed by atoms with van der Waals surface area (Å²) in [7, 11) is -3.52. The average Bonchev–Trinajstić information content (AvgIpc) is 2.79. The second-order valence-corrected chi connectivity index (χ2v) is 10.4. The van der Waals surface area contributed by atoms with E-state index in [4.69, 9.17) is 0 Å². The van der Waals surface area contributed by atoms with E-state index in [1.807, 2.05) is 61.2 Å². The van der Waals surface area contributed by atoms with Crippen molar-refractivity contribution < 1.29 is 13.2 Å². The van der Waals surface area contributed by atoms with E-state index < -0.39 is 10.0 Å². The highest BCUT2D eigenvalue weighted by molar-refractivity contribution is 7.89. The molecule has 3 rings (SSSR count). The van der Waals surface area contributed by atoms with E-state index >= 15 is 0 Å². The number of nitrogens with zero attached hydrogens (tertiary/aromatic N) is 2. The molecule has 1 fully saturated rings. The van der Waals surface area contributed by atoms with Crippen molar-refractivity contribution in [1.82, 2.24) is 14.5 Å². The summed E-state index contributed by atoms with van der Waals surface area (Å²) in [6.07, 6.45) is 0. The second kappa shape index (κ2) is 9.94. The predicted molar refractivity (Wildman–Crippen MR) is 123 cm³/mol. The van der Waals surface area contributed by atoms with Crippen LogP contribution in [-0.4, -0.2) is 55.8 Å². The fourth-order valence-corrected chi connectivity index (χ4v) is 5.25. The highest BCUT2D eigenvalue weighted by Gasteiger charge is 2.32. The molecule has 31 heavy (non-hydrogen) atoms. The van der Waals surface area contributed by atoms with Gasteiger partial charge in [0.25, 0.3) is 0 Å². The summed E-state index contributed by atoms with van der Waals surface area (Å²) < 4.78 is 27.5. The first kappa shape index (κ1) is 23.4. The Morgan fingerprint density at radius 2 is 1.42 bits per heavy atom. The summed E-state index contributed by atoms with van der Waals surface area (Å²) in [5.74, 6) is 0.314. The maximum absolute atomic E-state index is 13.0. The smallest absolute Gasteiger partial charge is 0.243 e. The fraction of sp³-hybridized carbons (Fsp3) is 0.458. The van der Waals surface area contributed by atoms with Crippen molar-refractivity contribution in [2.75, 3.05) is 26.2 Å². The van der Waals surface area contributed by atoms with Gasteiger partial charge in [-0.1, -0.05) is 56.3 Å². The van der Waals surface area contributed by atoms with Gasteiger partial charge in [-0.3, -0.25) is 9.69 Å². The van der Waals surface area contributed by atoms with E-state index in [1.54, 1.807) is 12.1 Å². The van der Waals surface area contributed by atoms with Crippen molar-refractivity contribution >= 4 is 15.9 Å². The molecule has 2 aromatic rings. The summed E-state index contributed by atoms with van der Waals surface area (Å²) in [6, 6.07) is 16.6. The molecule has 1 amide bonds. The molecule has 0 aliphatic carbocycles. The molecule has 1 aliphatic heterocycles. The van der Waals surface area contributed by atoms with Gasteiger partial charge in [-0.2, -0.15) is 4.31 Å². The molecule has 2 atom stereocenters. The van der Waals surface area contributed by atoms with Gasteiger partial charge in [0.15, 0.2) is 0 Å². The van der Waals surface area contributed by atoms with Gasteiger partial charge in [0.1, 0.15) is 0 Å². The first-order valence-electron chi connectivity index (χ1n) is 10.9. The third-order valence-electron chi connectivity index (χ3n) is 6.04. The Morgan fingerprint density at radius 3 is 1.97 bits per heavy atom. The van der Waals surface area contributed by atoms with Crippen LogP contribution < -0.4 is 5.32 Å². The molecule has 2 unspecified atom stereocenters. The zero-order valence-corrected chi connectivity index (χ0v) is 19.6. The van der Waals surface area contributed by atoms with Crippen LogP contribution in [0.3, 0.4) is 0 Å². The normalized spacial score (nSPS) is 18.0. The highest BCUT2D eigenvalue weighted by Crippen LogP contribution is 2.22. The van der Waals surface area contributed by atoms with Crippen LogP contribution in [0.4, 0.5) is 0 Å². The summed E-state index contributed by atoms with van der Waals surface area (Å²) in [5.41, 5.74) is 2.18. The van der Waals surface area contributed by atoms with E-state index in [9.17, 15) is 13.2 Å². The van der Waals surface area contributed by atoms with E-state index in [1.165, 1.54) is 4.31 Å². The molecule has 1 saturated heterocycles. The number of rotatable bonds is 7. The van der Waals surface area contributed by atoms with Gasteiger partial charge in [0, 0.05) is 26.2 Å². The fourth-order valence-electron chi connectivity index (χ4n) is 3.83. The van der Waals surface area contributed by atoms with Crippen LogP contribution in [0.1, 0.15) is 50.8 Å². The number of benzene rings is 2. The molecule has 1 N–H and O–H groups in total. The number of sulfonamides is 1. The van der Waals surface area contributed by atoms with E-state index in [0.29, 0.717) is 37.0 Å². The van der Waals surface area contributed by atoms with Crippen molar-refractivity contribution in [3.63, 3.8) is 0 Å². The maximum atomic E-state index is 13.0. The number of carbonyl (C=O) groups is 1. The minimum absolute atomic E-state index is 0.0445. The Kier molecular flexibility index (Phi) is 7.51. The molecule has 0 saturated carbocycles. The Balaban J connectivity index is 1.57. The number of hydrogen-bond acceptors (Lipinski definition) is 4. The van der Waals surface area contributed by atoms with E-state index in [0.717, 1.165) is 11.1 Å². The van der Waals surface area contributed by atoms with Crippen molar-refractivity contribution in [3.8, 4) is 0 Å². The van der Waals surface area contributed by atoms with Crippen molar-refractivity contribution in [1.29, 1.82) is 0 Å². The van der Waals surface area contributed by atoms with Gasteiger partial charge >= 0.3 is 0 Å². The van der Waals surface area contributed by atoms with Crippen LogP contribution in [0.2, 0.25) is 0 Å². The van der Waals surface area contributed by atoms with Crippen LogP contribution in [0.5, 0.6) is 0 Å². The first-order chi connectivity index (χ1) is 14.7. The predicted octanol–water partition coefficient (Wildman–Crippen LogP) is 3.38. The van der Waals surface area contributed by atoms with E-state index in [2.05, 4.69) is 19.2 Å². The van der Waals surface area contributed by atoms with Crippen LogP contribution >= 0.6 is 0 Å². The third kappa shape index (κ3) is 5.53. The first-order valence-corrected chi connectivity index (χ1v) is 12.3. The van der Waals surface area contributed by atoms with Crippen LogP contribution in [0.15, 0.2) is 59.5 Å². The van der Waals surface area contributed by atoms with Gasteiger partial charge < -0.3 is 5.32 Å². The summed E-state index contributed by atoms with van der Waals surface area (Å²) >= 11 is 0. The van der Waals surface area contributed by atoms with Gasteiger partial charge in [-0.05, 0) is 43.0 Å².